The van der Waals surface area contributed by atoms with E-state index in [1.54, 1.807) is 18.2 Å². The maximum absolute atomic E-state index is 14.2. The van der Waals surface area contributed by atoms with Crippen LogP contribution in [0.5, 0.6) is 0 Å². The molecule has 2 aromatic rings. The van der Waals surface area contributed by atoms with Gasteiger partial charge in [-0.2, -0.15) is 0 Å². The summed E-state index contributed by atoms with van der Waals surface area (Å²) < 4.78 is 29.3. The lowest BCUT2D eigenvalue weighted by Crippen LogP contribution is -2.24. The molecule has 21 heavy (non-hydrogen) atoms. The van der Waals surface area contributed by atoms with Crippen LogP contribution in [0.15, 0.2) is 45.3 Å². The number of halogens is 4. The van der Waals surface area contributed by atoms with Crippen molar-refractivity contribution in [2.45, 2.75) is 19.4 Å². The van der Waals surface area contributed by atoms with Gasteiger partial charge in [-0.1, -0.05) is 38.8 Å². The Morgan fingerprint density at radius 3 is 2.52 bits per heavy atom. The third-order valence-corrected chi connectivity index (χ3v) is 4.35. The van der Waals surface area contributed by atoms with Crippen LogP contribution < -0.4 is 5.32 Å². The summed E-state index contributed by atoms with van der Waals surface area (Å²) in [5.41, 5.74) is 1.17. The molecule has 0 aliphatic heterocycles. The smallest absolute Gasteiger partial charge is 0.128 e. The molecule has 1 N–H and O–H groups in total. The highest BCUT2D eigenvalue weighted by atomic mass is 79.9. The van der Waals surface area contributed by atoms with E-state index in [0.717, 1.165) is 15.4 Å². The van der Waals surface area contributed by atoms with E-state index in [0.29, 0.717) is 17.7 Å². The van der Waals surface area contributed by atoms with Gasteiger partial charge in [-0.25, -0.2) is 8.78 Å². The average Bonchev–Trinajstić information content (AvgIpc) is 2.46. The molecule has 0 aliphatic carbocycles. The van der Waals surface area contributed by atoms with E-state index in [2.05, 4.69) is 37.2 Å². The zero-order valence-electron chi connectivity index (χ0n) is 11.5. The van der Waals surface area contributed by atoms with Crippen LogP contribution in [0.3, 0.4) is 0 Å². The van der Waals surface area contributed by atoms with Gasteiger partial charge in [0.1, 0.15) is 11.6 Å². The highest BCUT2D eigenvalue weighted by Gasteiger charge is 2.20. The monoisotopic (exact) mass is 417 g/mol. The summed E-state index contributed by atoms with van der Waals surface area (Å²) in [6.07, 6.45) is 0.902. The molecule has 112 valence electrons. The van der Waals surface area contributed by atoms with E-state index in [4.69, 9.17) is 0 Å². The molecule has 0 bridgehead atoms. The number of rotatable bonds is 5. The molecule has 0 heterocycles. The Kier molecular flexibility index (Phi) is 5.90. The van der Waals surface area contributed by atoms with Crippen molar-refractivity contribution < 1.29 is 8.78 Å². The van der Waals surface area contributed by atoms with Gasteiger partial charge in [0.05, 0.1) is 6.04 Å². The van der Waals surface area contributed by atoms with Gasteiger partial charge in [-0.3, -0.25) is 0 Å². The molecule has 0 fully saturated rings. The second-order valence-corrected chi connectivity index (χ2v) is 6.49. The van der Waals surface area contributed by atoms with Crippen LogP contribution in [0.1, 0.15) is 30.5 Å². The lowest BCUT2D eigenvalue weighted by Gasteiger charge is -2.22. The first-order valence-corrected chi connectivity index (χ1v) is 8.24. The van der Waals surface area contributed by atoms with Crippen molar-refractivity contribution >= 4 is 31.9 Å². The fourth-order valence-electron chi connectivity index (χ4n) is 2.15. The van der Waals surface area contributed by atoms with Crippen LogP contribution in [0.25, 0.3) is 0 Å². The molecule has 1 atom stereocenters. The second kappa shape index (κ2) is 7.47. The maximum Gasteiger partial charge on any atom is 0.128 e. The Morgan fingerprint density at radius 1 is 1.05 bits per heavy atom. The summed E-state index contributed by atoms with van der Waals surface area (Å²) in [5, 5.41) is 3.28. The molecular weight excluding hydrogens is 404 g/mol. The summed E-state index contributed by atoms with van der Waals surface area (Å²) in [6.45, 7) is 2.74. The van der Waals surface area contributed by atoms with Crippen molar-refractivity contribution in [1.82, 2.24) is 5.32 Å². The number of benzene rings is 2. The highest BCUT2D eigenvalue weighted by Crippen LogP contribution is 2.32. The third-order valence-electron chi connectivity index (χ3n) is 3.14. The SMILES string of the molecule is CCCNC(c1cc(Br)ccc1F)c1cc(F)ccc1Br. The van der Waals surface area contributed by atoms with Gasteiger partial charge < -0.3 is 5.32 Å². The quantitative estimate of drug-likeness (QED) is 0.668. The summed E-state index contributed by atoms with van der Waals surface area (Å²) in [5.74, 6) is -0.658. The summed E-state index contributed by atoms with van der Waals surface area (Å²) >= 11 is 6.78. The molecule has 0 saturated carbocycles. The van der Waals surface area contributed by atoms with E-state index in [9.17, 15) is 8.78 Å². The van der Waals surface area contributed by atoms with Crippen molar-refractivity contribution in [3.63, 3.8) is 0 Å². The summed E-state index contributed by atoms with van der Waals surface area (Å²) in [6, 6.07) is 8.82. The molecule has 2 rings (SSSR count). The third kappa shape index (κ3) is 4.11. The second-order valence-electron chi connectivity index (χ2n) is 4.72. The van der Waals surface area contributed by atoms with Gasteiger partial charge in [0, 0.05) is 14.5 Å². The molecule has 0 amide bonds. The van der Waals surface area contributed by atoms with E-state index < -0.39 is 6.04 Å². The van der Waals surface area contributed by atoms with E-state index in [1.807, 2.05) is 6.92 Å². The van der Waals surface area contributed by atoms with Gasteiger partial charge in [0.15, 0.2) is 0 Å². The largest absolute Gasteiger partial charge is 0.306 e. The molecular formula is C16H15Br2F2N. The molecule has 5 heteroatoms. The van der Waals surface area contributed by atoms with Crippen LogP contribution in [0.4, 0.5) is 8.78 Å². The van der Waals surface area contributed by atoms with E-state index in [1.165, 1.54) is 18.2 Å². The summed E-state index contributed by atoms with van der Waals surface area (Å²) in [4.78, 5) is 0. The molecule has 0 aliphatic rings. The molecule has 0 aromatic heterocycles. The van der Waals surface area contributed by atoms with Gasteiger partial charge >= 0.3 is 0 Å². The standard InChI is InChI=1S/C16H15Br2F2N/c1-2-7-21-16(12-9-11(19)4-5-14(12)18)13-8-10(17)3-6-15(13)20/h3-6,8-9,16,21H,2,7H2,1H3. The molecule has 1 unspecified atom stereocenters. The maximum atomic E-state index is 14.2. The zero-order valence-corrected chi connectivity index (χ0v) is 14.6. The Hall–Kier alpha value is -0.780. The van der Waals surface area contributed by atoms with Crippen molar-refractivity contribution in [2.24, 2.45) is 0 Å². The first-order chi connectivity index (χ1) is 10.0. The lowest BCUT2D eigenvalue weighted by atomic mass is 9.98. The number of hydrogen-bond acceptors (Lipinski definition) is 1. The first-order valence-electron chi connectivity index (χ1n) is 6.66. The van der Waals surface area contributed by atoms with Gasteiger partial charge in [0.25, 0.3) is 0 Å². The Balaban J connectivity index is 2.52. The lowest BCUT2D eigenvalue weighted by molar-refractivity contribution is 0.541. The average molecular weight is 419 g/mol. The Labute approximate surface area is 140 Å². The van der Waals surface area contributed by atoms with Crippen LogP contribution >= 0.6 is 31.9 Å². The predicted octanol–water partition coefficient (Wildman–Crippen LogP) is 5.58. The van der Waals surface area contributed by atoms with Crippen molar-refractivity contribution in [3.8, 4) is 0 Å². The molecule has 0 spiro atoms. The minimum Gasteiger partial charge on any atom is -0.306 e. The van der Waals surface area contributed by atoms with Gasteiger partial charge in [-0.05, 0) is 54.9 Å². The fraction of sp³-hybridized carbons (Fsp3) is 0.250. The minimum atomic E-state index is -0.410. The van der Waals surface area contributed by atoms with Crippen LogP contribution in [-0.4, -0.2) is 6.54 Å². The number of nitrogens with one attached hydrogen (secondary N) is 1. The van der Waals surface area contributed by atoms with Crippen molar-refractivity contribution in [3.05, 3.63) is 68.1 Å². The zero-order chi connectivity index (χ0) is 15.4. The molecule has 0 radical (unpaired) electrons. The first kappa shape index (κ1) is 16.6. The Bertz CT molecular complexity index is 580. The minimum absolute atomic E-state index is 0.317. The van der Waals surface area contributed by atoms with Crippen LogP contribution in [0, 0.1) is 11.6 Å². The molecule has 1 nitrogen and oxygen atoms in total. The van der Waals surface area contributed by atoms with Gasteiger partial charge in [-0.15, -0.1) is 0 Å². The van der Waals surface area contributed by atoms with Crippen molar-refractivity contribution in [1.29, 1.82) is 0 Å². The highest BCUT2D eigenvalue weighted by molar-refractivity contribution is 9.10. The predicted molar refractivity (Wildman–Crippen MR) is 88.3 cm³/mol. The normalized spacial score (nSPS) is 12.4. The molecule has 0 saturated heterocycles. The topological polar surface area (TPSA) is 12.0 Å². The van der Waals surface area contributed by atoms with Crippen LogP contribution in [-0.2, 0) is 0 Å². The van der Waals surface area contributed by atoms with E-state index >= 15 is 0 Å². The molecule has 2 aromatic carbocycles. The number of hydrogen-bond donors (Lipinski definition) is 1. The van der Waals surface area contributed by atoms with Gasteiger partial charge in [0.2, 0.25) is 0 Å². The van der Waals surface area contributed by atoms with Crippen LogP contribution in [0.2, 0.25) is 0 Å². The summed E-state index contributed by atoms with van der Waals surface area (Å²) in [7, 11) is 0. The van der Waals surface area contributed by atoms with Crippen molar-refractivity contribution in [2.75, 3.05) is 6.54 Å². The fourth-order valence-corrected chi connectivity index (χ4v) is 3.00. The Morgan fingerprint density at radius 2 is 1.81 bits per heavy atom. The van der Waals surface area contributed by atoms with E-state index in [-0.39, 0.29) is 11.6 Å².